The SMILES string of the molecule is Cc1csc(-c2ccc(S(=O)(=O)N[C@H]3CCCN(CC(=O)N4CCC[C@H]4CN4CCCC4)C3=O)cc2)c1. The Kier molecular flexibility index (Phi) is 7.99. The molecule has 1 aromatic heterocycles. The number of hydrogen-bond donors (Lipinski definition) is 1. The molecule has 0 unspecified atom stereocenters. The number of thiophene rings is 1. The molecule has 2 amide bonds. The normalized spacial score (nSPS) is 23.2. The van der Waals surface area contributed by atoms with Crippen molar-refractivity contribution in [2.45, 2.75) is 62.4 Å². The summed E-state index contributed by atoms with van der Waals surface area (Å²) in [6, 6.07) is 8.17. The Morgan fingerprint density at radius 3 is 2.46 bits per heavy atom. The standard InChI is InChI=1S/C27H36N4O4S2/c1-20-16-25(36-19-20)21-8-10-23(11-9-21)37(34,35)28-24-7-5-14-30(27(24)33)18-26(32)31-15-4-6-22(31)17-29-12-2-3-13-29/h8-11,16,19,22,24,28H,2-7,12-15,17-18H2,1H3/t22-,24-/m0/s1. The number of carbonyl (C=O) groups excluding carboxylic acids is 2. The second-order valence-electron chi connectivity index (χ2n) is 10.5. The summed E-state index contributed by atoms with van der Waals surface area (Å²) in [7, 11) is -3.87. The number of aryl methyl sites for hydroxylation is 1. The first kappa shape index (κ1) is 26.3. The van der Waals surface area contributed by atoms with Crippen LogP contribution in [-0.2, 0) is 19.6 Å². The Balaban J connectivity index is 1.20. The Morgan fingerprint density at radius 1 is 1.03 bits per heavy atom. The lowest BCUT2D eigenvalue weighted by Gasteiger charge is -2.34. The summed E-state index contributed by atoms with van der Waals surface area (Å²) in [6.45, 7) is 6.36. The van der Waals surface area contributed by atoms with Crippen LogP contribution in [0.25, 0.3) is 10.4 Å². The molecule has 8 nitrogen and oxygen atoms in total. The fraction of sp³-hybridized carbons (Fsp3) is 0.556. The maximum Gasteiger partial charge on any atom is 0.242 e. The van der Waals surface area contributed by atoms with Crippen LogP contribution >= 0.6 is 11.3 Å². The van der Waals surface area contributed by atoms with E-state index in [0.29, 0.717) is 19.4 Å². The van der Waals surface area contributed by atoms with Crippen molar-refractivity contribution in [3.8, 4) is 10.4 Å². The van der Waals surface area contributed by atoms with E-state index in [2.05, 4.69) is 21.1 Å². The number of nitrogens with zero attached hydrogens (tertiary/aromatic N) is 3. The molecule has 0 bridgehead atoms. The topological polar surface area (TPSA) is 90.0 Å². The second-order valence-corrected chi connectivity index (χ2v) is 13.1. The first-order chi connectivity index (χ1) is 17.8. The molecule has 2 aromatic rings. The van der Waals surface area contributed by atoms with Crippen LogP contribution in [0.3, 0.4) is 0 Å². The summed E-state index contributed by atoms with van der Waals surface area (Å²) in [5, 5.41) is 2.06. The molecule has 0 spiro atoms. The molecule has 1 aromatic carbocycles. The molecule has 1 N–H and O–H groups in total. The summed E-state index contributed by atoms with van der Waals surface area (Å²) in [6.07, 6.45) is 5.52. The van der Waals surface area contributed by atoms with E-state index in [1.807, 2.05) is 11.8 Å². The number of carbonyl (C=O) groups is 2. The third kappa shape index (κ3) is 6.08. The van der Waals surface area contributed by atoms with Crippen molar-refractivity contribution < 1.29 is 18.0 Å². The van der Waals surface area contributed by atoms with Crippen molar-refractivity contribution in [3.63, 3.8) is 0 Å². The van der Waals surface area contributed by atoms with E-state index in [4.69, 9.17) is 0 Å². The fourth-order valence-corrected chi connectivity index (χ4v) is 7.84. The number of benzene rings is 1. The zero-order chi connectivity index (χ0) is 26.0. The molecule has 37 heavy (non-hydrogen) atoms. The monoisotopic (exact) mass is 544 g/mol. The largest absolute Gasteiger partial charge is 0.337 e. The minimum absolute atomic E-state index is 0.0164. The lowest BCUT2D eigenvalue weighted by molar-refractivity contribution is -0.143. The molecule has 0 aliphatic carbocycles. The molecule has 0 saturated carbocycles. The van der Waals surface area contributed by atoms with Crippen molar-refractivity contribution in [1.29, 1.82) is 0 Å². The molecule has 3 fully saturated rings. The maximum absolute atomic E-state index is 13.2. The summed E-state index contributed by atoms with van der Waals surface area (Å²) < 4.78 is 28.8. The maximum atomic E-state index is 13.2. The number of nitrogens with one attached hydrogen (secondary N) is 1. The fourth-order valence-electron chi connectivity index (χ4n) is 5.71. The van der Waals surface area contributed by atoms with Gasteiger partial charge in [0.2, 0.25) is 21.8 Å². The van der Waals surface area contributed by atoms with Crippen LogP contribution in [0.1, 0.15) is 44.1 Å². The lowest BCUT2D eigenvalue weighted by Crippen LogP contribution is -2.55. The molecule has 2 atom stereocenters. The molecule has 200 valence electrons. The Morgan fingerprint density at radius 2 is 1.76 bits per heavy atom. The predicted molar refractivity (Wildman–Crippen MR) is 145 cm³/mol. The van der Waals surface area contributed by atoms with E-state index >= 15 is 0 Å². The Labute approximate surface area is 223 Å². The minimum atomic E-state index is -3.87. The molecule has 5 rings (SSSR count). The van der Waals surface area contributed by atoms with Gasteiger partial charge in [-0.05, 0) is 93.2 Å². The van der Waals surface area contributed by atoms with Gasteiger partial charge in [-0.3, -0.25) is 9.59 Å². The van der Waals surface area contributed by atoms with Gasteiger partial charge >= 0.3 is 0 Å². The van der Waals surface area contributed by atoms with E-state index in [1.54, 1.807) is 35.6 Å². The van der Waals surface area contributed by atoms with Gasteiger partial charge in [0.15, 0.2) is 0 Å². The summed E-state index contributed by atoms with van der Waals surface area (Å²) in [5.74, 6) is -0.345. The highest BCUT2D eigenvalue weighted by Crippen LogP contribution is 2.28. The Hall–Kier alpha value is -2.27. The summed E-state index contributed by atoms with van der Waals surface area (Å²) >= 11 is 1.62. The molecule has 3 aliphatic heterocycles. The van der Waals surface area contributed by atoms with E-state index < -0.39 is 16.1 Å². The van der Waals surface area contributed by atoms with Crippen LogP contribution in [0, 0.1) is 6.92 Å². The van der Waals surface area contributed by atoms with Crippen molar-refractivity contribution in [2.24, 2.45) is 0 Å². The van der Waals surface area contributed by atoms with Crippen molar-refractivity contribution in [3.05, 3.63) is 41.3 Å². The van der Waals surface area contributed by atoms with Crippen LogP contribution in [0.4, 0.5) is 0 Å². The summed E-state index contributed by atoms with van der Waals surface area (Å²) in [4.78, 5) is 33.5. The van der Waals surface area contributed by atoms with Crippen molar-refractivity contribution in [1.82, 2.24) is 19.4 Å². The van der Waals surface area contributed by atoms with Gasteiger partial charge in [0.1, 0.15) is 6.04 Å². The summed E-state index contributed by atoms with van der Waals surface area (Å²) in [5.41, 5.74) is 2.13. The van der Waals surface area contributed by atoms with Gasteiger partial charge in [0.05, 0.1) is 11.4 Å². The zero-order valence-electron chi connectivity index (χ0n) is 21.4. The number of piperidine rings is 1. The molecule has 3 saturated heterocycles. The minimum Gasteiger partial charge on any atom is -0.337 e. The number of hydrogen-bond acceptors (Lipinski definition) is 6. The predicted octanol–water partition coefficient (Wildman–Crippen LogP) is 3.08. The highest BCUT2D eigenvalue weighted by atomic mass is 32.2. The van der Waals surface area contributed by atoms with Crippen LogP contribution in [0.5, 0.6) is 0 Å². The van der Waals surface area contributed by atoms with Crippen LogP contribution < -0.4 is 4.72 Å². The zero-order valence-corrected chi connectivity index (χ0v) is 23.0. The third-order valence-electron chi connectivity index (χ3n) is 7.70. The molecule has 10 heteroatoms. The van der Waals surface area contributed by atoms with Gasteiger partial charge < -0.3 is 14.7 Å². The van der Waals surface area contributed by atoms with Gasteiger partial charge in [0.25, 0.3) is 0 Å². The molecule has 0 radical (unpaired) electrons. The number of sulfonamides is 1. The molecular weight excluding hydrogens is 508 g/mol. The first-order valence-electron chi connectivity index (χ1n) is 13.3. The first-order valence-corrected chi connectivity index (χ1v) is 15.6. The van der Waals surface area contributed by atoms with E-state index in [9.17, 15) is 18.0 Å². The van der Waals surface area contributed by atoms with Gasteiger partial charge in [-0.2, -0.15) is 4.72 Å². The second kappa shape index (κ2) is 11.2. The molecule has 3 aliphatic rings. The van der Waals surface area contributed by atoms with Gasteiger partial charge in [-0.25, -0.2) is 8.42 Å². The van der Waals surface area contributed by atoms with Crippen LogP contribution in [0.2, 0.25) is 0 Å². The van der Waals surface area contributed by atoms with Gasteiger partial charge in [-0.1, -0.05) is 12.1 Å². The Bertz CT molecular complexity index is 1220. The number of likely N-dealkylation sites (tertiary alicyclic amines) is 3. The molecule has 4 heterocycles. The van der Waals surface area contributed by atoms with E-state index in [0.717, 1.165) is 49.5 Å². The van der Waals surface area contributed by atoms with E-state index in [1.165, 1.54) is 23.3 Å². The number of amides is 2. The van der Waals surface area contributed by atoms with Crippen molar-refractivity contribution >= 4 is 33.2 Å². The van der Waals surface area contributed by atoms with Gasteiger partial charge in [0, 0.05) is 30.6 Å². The van der Waals surface area contributed by atoms with E-state index in [-0.39, 0.29) is 29.3 Å². The van der Waals surface area contributed by atoms with Crippen LogP contribution in [0.15, 0.2) is 40.6 Å². The molecular formula is C27H36N4O4S2. The average Bonchev–Trinajstić information content (AvgIpc) is 3.65. The quantitative estimate of drug-likeness (QED) is 0.552. The highest BCUT2D eigenvalue weighted by molar-refractivity contribution is 7.89. The lowest BCUT2D eigenvalue weighted by atomic mass is 10.1. The average molecular weight is 545 g/mol. The van der Waals surface area contributed by atoms with Crippen LogP contribution in [-0.4, -0.2) is 86.3 Å². The van der Waals surface area contributed by atoms with Crippen molar-refractivity contribution in [2.75, 3.05) is 39.3 Å². The third-order valence-corrected chi connectivity index (χ3v) is 10.3. The smallest absolute Gasteiger partial charge is 0.242 e. The number of rotatable bonds is 8. The van der Waals surface area contributed by atoms with Gasteiger partial charge in [-0.15, -0.1) is 11.3 Å². The highest BCUT2D eigenvalue weighted by Gasteiger charge is 2.36.